The van der Waals surface area contributed by atoms with Crippen LogP contribution in [0.2, 0.25) is 0 Å². The molecular formula is C12H19BrN4O. The molecule has 1 aromatic heterocycles. The van der Waals surface area contributed by atoms with E-state index >= 15 is 0 Å². The molecule has 1 aromatic rings. The lowest BCUT2D eigenvalue weighted by molar-refractivity contribution is 0.0759. The van der Waals surface area contributed by atoms with Crippen molar-refractivity contribution in [2.24, 2.45) is 0 Å². The first-order chi connectivity index (χ1) is 8.61. The van der Waals surface area contributed by atoms with E-state index in [9.17, 15) is 4.79 Å². The Hall–Kier alpha value is -0.880. The molecule has 1 fully saturated rings. The number of aromatic nitrogens is 2. The van der Waals surface area contributed by atoms with Crippen LogP contribution in [0.1, 0.15) is 42.4 Å². The van der Waals surface area contributed by atoms with Crippen LogP contribution < -0.4 is 5.32 Å². The molecule has 1 saturated heterocycles. The highest BCUT2D eigenvalue weighted by Gasteiger charge is 2.24. The van der Waals surface area contributed by atoms with E-state index in [1.807, 2.05) is 4.90 Å². The first-order valence-corrected chi connectivity index (χ1v) is 7.14. The summed E-state index contributed by atoms with van der Waals surface area (Å²) in [6.07, 6.45) is 0.991. The van der Waals surface area contributed by atoms with Gasteiger partial charge in [-0.25, -0.2) is 0 Å². The average molecular weight is 315 g/mol. The van der Waals surface area contributed by atoms with Crippen molar-refractivity contribution in [3.63, 3.8) is 0 Å². The summed E-state index contributed by atoms with van der Waals surface area (Å²) in [4.78, 5) is 14.3. The number of aromatic amines is 1. The Balaban J connectivity index is 2.17. The molecule has 0 spiro atoms. The Labute approximate surface area is 115 Å². The third kappa shape index (κ3) is 2.75. The highest BCUT2D eigenvalue weighted by molar-refractivity contribution is 9.10. The largest absolute Gasteiger partial charge is 0.336 e. The summed E-state index contributed by atoms with van der Waals surface area (Å²) in [7, 11) is 0. The molecule has 0 saturated carbocycles. The molecule has 0 aromatic carbocycles. The molecule has 100 valence electrons. The Morgan fingerprint density at radius 3 is 2.83 bits per heavy atom. The number of carbonyl (C=O) groups excluding carboxylic acids is 1. The van der Waals surface area contributed by atoms with Crippen molar-refractivity contribution >= 4 is 21.8 Å². The van der Waals surface area contributed by atoms with Crippen LogP contribution >= 0.6 is 15.9 Å². The molecule has 2 rings (SSSR count). The number of nitrogens with zero attached hydrogens (tertiary/aromatic N) is 2. The number of hydrogen-bond acceptors (Lipinski definition) is 3. The van der Waals surface area contributed by atoms with E-state index in [4.69, 9.17) is 0 Å². The van der Waals surface area contributed by atoms with E-state index in [0.29, 0.717) is 11.6 Å². The summed E-state index contributed by atoms with van der Waals surface area (Å²) >= 11 is 3.48. The predicted molar refractivity (Wildman–Crippen MR) is 73.8 cm³/mol. The minimum atomic E-state index is 0.00808. The fourth-order valence-corrected chi connectivity index (χ4v) is 2.87. The third-order valence-corrected chi connectivity index (χ3v) is 3.94. The summed E-state index contributed by atoms with van der Waals surface area (Å²) in [5.74, 6) is 0.327. The Kier molecular flexibility index (Phi) is 4.40. The summed E-state index contributed by atoms with van der Waals surface area (Å²) in [5.41, 5.74) is 1.48. The van der Waals surface area contributed by atoms with Gasteiger partial charge < -0.3 is 10.2 Å². The van der Waals surface area contributed by atoms with Crippen molar-refractivity contribution in [3.05, 3.63) is 15.9 Å². The Morgan fingerprint density at radius 2 is 2.17 bits per heavy atom. The fraction of sp³-hybridized carbons (Fsp3) is 0.667. The van der Waals surface area contributed by atoms with E-state index in [1.165, 1.54) is 0 Å². The second-order valence-electron chi connectivity index (χ2n) is 4.85. The van der Waals surface area contributed by atoms with E-state index in [0.717, 1.165) is 42.8 Å². The summed E-state index contributed by atoms with van der Waals surface area (Å²) in [6.45, 7) is 7.51. The van der Waals surface area contributed by atoms with Gasteiger partial charge in [0.1, 0.15) is 0 Å². The Morgan fingerprint density at radius 1 is 1.39 bits per heavy atom. The van der Waals surface area contributed by atoms with Crippen LogP contribution in [0.15, 0.2) is 4.47 Å². The van der Waals surface area contributed by atoms with Gasteiger partial charge in [0.15, 0.2) is 5.69 Å². The average Bonchev–Trinajstić information content (AvgIpc) is 2.56. The monoisotopic (exact) mass is 314 g/mol. The van der Waals surface area contributed by atoms with Gasteiger partial charge in [0, 0.05) is 19.6 Å². The van der Waals surface area contributed by atoms with Crippen LogP contribution in [0, 0.1) is 0 Å². The standard InChI is InChI=1S/C12H19BrN4O/c1-8(2)10-9(13)11(16-15-10)12(18)17-6-3-4-14-5-7-17/h8,14H,3-7H2,1-2H3,(H,15,16). The zero-order chi connectivity index (χ0) is 13.1. The smallest absolute Gasteiger partial charge is 0.275 e. The topological polar surface area (TPSA) is 61.0 Å². The van der Waals surface area contributed by atoms with Gasteiger partial charge in [-0.3, -0.25) is 9.89 Å². The van der Waals surface area contributed by atoms with Gasteiger partial charge in [0.05, 0.1) is 10.2 Å². The zero-order valence-corrected chi connectivity index (χ0v) is 12.4. The van der Waals surface area contributed by atoms with Gasteiger partial charge in [0.2, 0.25) is 0 Å². The maximum absolute atomic E-state index is 12.4. The number of H-pyrrole nitrogens is 1. The molecule has 1 amide bonds. The molecule has 1 aliphatic heterocycles. The third-order valence-electron chi connectivity index (χ3n) is 3.14. The highest BCUT2D eigenvalue weighted by atomic mass is 79.9. The van der Waals surface area contributed by atoms with Crippen molar-refractivity contribution in [2.75, 3.05) is 26.2 Å². The van der Waals surface area contributed by atoms with Crippen molar-refractivity contribution in [1.29, 1.82) is 0 Å². The second-order valence-corrected chi connectivity index (χ2v) is 5.64. The number of nitrogens with one attached hydrogen (secondary N) is 2. The van der Waals surface area contributed by atoms with Gasteiger partial charge in [-0.1, -0.05) is 13.8 Å². The molecule has 18 heavy (non-hydrogen) atoms. The lowest BCUT2D eigenvalue weighted by Crippen LogP contribution is -2.34. The van der Waals surface area contributed by atoms with E-state index in [-0.39, 0.29) is 5.91 Å². The van der Waals surface area contributed by atoms with Crippen LogP contribution in [-0.4, -0.2) is 47.2 Å². The zero-order valence-electron chi connectivity index (χ0n) is 10.8. The molecule has 6 heteroatoms. The number of rotatable bonds is 2. The number of carbonyl (C=O) groups is 1. The van der Waals surface area contributed by atoms with Gasteiger partial charge in [0.25, 0.3) is 5.91 Å². The molecule has 2 heterocycles. The second kappa shape index (κ2) is 5.84. The minimum Gasteiger partial charge on any atom is -0.336 e. The van der Waals surface area contributed by atoms with Crippen molar-refractivity contribution < 1.29 is 4.79 Å². The molecule has 0 atom stereocenters. The van der Waals surface area contributed by atoms with E-state index < -0.39 is 0 Å². The molecule has 2 N–H and O–H groups in total. The molecule has 5 nitrogen and oxygen atoms in total. The molecular weight excluding hydrogens is 296 g/mol. The first kappa shape index (κ1) is 13.5. The normalized spacial score (nSPS) is 17.0. The molecule has 0 aliphatic carbocycles. The van der Waals surface area contributed by atoms with Gasteiger partial charge >= 0.3 is 0 Å². The van der Waals surface area contributed by atoms with Crippen molar-refractivity contribution in [3.8, 4) is 0 Å². The van der Waals surface area contributed by atoms with Crippen LogP contribution in [0.5, 0.6) is 0 Å². The van der Waals surface area contributed by atoms with Crippen molar-refractivity contribution in [2.45, 2.75) is 26.2 Å². The lowest BCUT2D eigenvalue weighted by atomic mass is 10.1. The van der Waals surface area contributed by atoms with Crippen LogP contribution in [-0.2, 0) is 0 Å². The number of amides is 1. The van der Waals surface area contributed by atoms with E-state index in [1.54, 1.807) is 0 Å². The van der Waals surface area contributed by atoms with Gasteiger partial charge in [-0.2, -0.15) is 5.10 Å². The van der Waals surface area contributed by atoms with Crippen LogP contribution in [0.3, 0.4) is 0 Å². The van der Waals surface area contributed by atoms with Crippen LogP contribution in [0.4, 0.5) is 0 Å². The quantitative estimate of drug-likeness (QED) is 0.874. The Bertz CT molecular complexity index is 422. The minimum absolute atomic E-state index is 0.00808. The number of halogens is 1. The summed E-state index contributed by atoms with van der Waals surface area (Å²) in [6, 6.07) is 0. The van der Waals surface area contributed by atoms with Crippen LogP contribution in [0.25, 0.3) is 0 Å². The maximum atomic E-state index is 12.4. The SMILES string of the molecule is CC(C)c1[nH]nc(C(=O)N2CCCNCC2)c1Br. The predicted octanol–water partition coefficient (Wildman–Crippen LogP) is 1.73. The number of hydrogen-bond donors (Lipinski definition) is 2. The van der Waals surface area contributed by atoms with Gasteiger partial charge in [-0.05, 0) is 34.8 Å². The lowest BCUT2D eigenvalue weighted by Gasteiger charge is -2.18. The molecule has 0 radical (unpaired) electrons. The summed E-state index contributed by atoms with van der Waals surface area (Å²) < 4.78 is 0.805. The maximum Gasteiger partial charge on any atom is 0.275 e. The van der Waals surface area contributed by atoms with Crippen molar-refractivity contribution in [1.82, 2.24) is 20.4 Å². The molecule has 0 unspecified atom stereocenters. The molecule has 1 aliphatic rings. The molecule has 0 bridgehead atoms. The van der Waals surface area contributed by atoms with Gasteiger partial charge in [-0.15, -0.1) is 0 Å². The van der Waals surface area contributed by atoms with E-state index in [2.05, 4.69) is 45.3 Å². The first-order valence-electron chi connectivity index (χ1n) is 6.35. The summed E-state index contributed by atoms with van der Waals surface area (Å²) in [5, 5.41) is 10.4. The highest BCUT2D eigenvalue weighted by Crippen LogP contribution is 2.26. The fourth-order valence-electron chi connectivity index (χ4n) is 2.06.